The summed E-state index contributed by atoms with van der Waals surface area (Å²) in [5, 5.41) is 2.87. The van der Waals surface area contributed by atoms with Gasteiger partial charge in [-0.2, -0.15) is 11.8 Å². The fourth-order valence-corrected chi connectivity index (χ4v) is 5.93. The molecule has 0 heterocycles. The van der Waals surface area contributed by atoms with Gasteiger partial charge in [-0.25, -0.2) is 8.42 Å². The SMILES string of the molecule is CCOc1ccc(N(CC(=O)NCCCSCc2ccccc2C)S(=O)(=O)c2ccccc2)cc1. The maximum atomic E-state index is 13.4. The monoisotopic (exact) mass is 512 g/mol. The Morgan fingerprint density at radius 1 is 0.971 bits per heavy atom. The van der Waals surface area contributed by atoms with E-state index in [9.17, 15) is 13.2 Å². The molecule has 0 atom stereocenters. The van der Waals surface area contributed by atoms with E-state index in [1.165, 1.54) is 23.3 Å². The summed E-state index contributed by atoms with van der Waals surface area (Å²) in [5.74, 6) is 2.13. The Bertz CT molecular complexity index is 1180. The minimum Gasteiger partial charge on any atom is -0.494 e. The second kappa shape index (κ2) is 13.2. The van der Waals surface area contributed by atoms with Gasteiger partial charge >= 0.3 is 0 Å². The molecule has 3 aromatic rings. The van der Waals surface area contributed by atoms with Gasteiger partial charge in [0.15, 0.2) is 0 Å². The molecule has 0 bridgehead atoms. The van der Waals surface area contributed by atoms with E-state index in [1.807, 2.05) is 30.8 Å². The first-order valence-electron chi connectivity index (χ1n) is 11.6. The lowest BCUT2D eigenvalue weighted by Crippen LogP contribution is -2.41. The average Bonchev–Trinajstić information content (AvgIpc) is 2.87. The number of rotatable bonds is 13. The fraction of sp³-hybridized carbons (Fsp3) is 0.296. The molecule has 0 radical (unpaired) electrons. The zero-order valence-corrected chi connectivity index (χ0v) is 21.8. The molecule has 0 aliphatic carbocycles. The highest BCUT2D eigenvalue weighted by atomic mass is 32.2. The Morgan fingerprint density at radius 3 is 2.34 bits per heavy atom. The zero-order chi connectivity index (χ0) is 25.1. The first-order chi connectivity index (χ1) is 16.9. The number of amides is 1. The van der Waals surface area contributed by atoms with Crippen molar-refractivity contribution in [2.75, 3.05) is 29.8 Å². The molecule has 0 saturated carbocycles. The number of hydrogen-bond donors (Lipinski definition) is 1. The van der Waals surface area contributed by atoms with Gasteiger partial charge in [-0.15, -0.1) is 0 Å². The van der Waals surface area contributed by atoms with Crippen LogP contribution in [-0.2, 0) is 20.6 Å². The van der Waals surface area contributed by atoms with Gasteiger partial charge in [0.2, 0.25) is 5.91 Å². The number of hydrogen-bond acceptors (Lipinski definition) is 5. The number of anilines is 1. The van der Waals surface area contributed by atoms with Gasteiger partial charge in [-0.05, 0) is 73.5 Å². The van der Waals surface area contributed by atoms with Crippen molar-refractivity contribution < 1.29 is 17.9 Å². The second-order valence-corrected chi connectivity index (χ2v) is 10.9. The molecular formula is C27H32N2O4S2. The number of ether oxygens (including phenoxy) is 1. The number of nitrogens with one attached hydrogen (secondary N) is 1. The Morgan fingerprint density at radius 2 is 1.66 bits per heavy atom. The topological polar surface area (TPSA) is 75.7 Å². The summed E-state index contributed by atoms with van der Waals surface area (Å²) in [4.78, 5) is 12.9. The van der Waals surface area contributed by atoms with Gasteiger partial charge in [-0.1, -0.05) is 42.5 Å². The van der Waals surface area contributed by atoms with Gasteiger partial charge in [0, 0.05) is 12.3 Å². The smallest absolute Gasteiger partial charge is 0.264 e. The van der Waals surface area contributed by atoms with Crippen LogP contribution >= 0.6 is 11.8 Å². The number of benzene rings is 3. The third-order valence-electron chi connectivity index (χ3n) is 5.36. The highest BCUT2D eigenvalue weighted by Gasteiger charge is 2.27. The van der Waals surface area contributed by atoms with Crippen molar-refractivity contribution in [3.05, 3.63) is 90.0 Å². The minimum atomic E-state index is -3.92. The maximum Gasteiger partial charge on any atom is 0.264 e. The summed E-state index contributed by atoms with van der Waals surface area (Å²) in [7, 11) is -3.92. The highest BCUT2D eigenvalue weighted by molar-refractivity contribution is 7.98. The lowest BCUT2D eigenvalue weighted by Gasteiger charge is -2.24. The van der Waals surface area contributed by atoms with Crippen molar-refractivity contribution in [1.29, 1.82) is 0 Å². The van der Waals surface area contributed by atoms with Crippen molar-refractivity contribution in [1.82, 2.24) is 5.32 Å². The van der Waals surface area contributed by atoms with Crippen molar-refractivity contribution in [3.8, 4) is 5.75 Å². The van der Waals surface area contributed by atoms with Gasteiger partial charge in [0.25, 0.3) is 10.0 Å². The molecule has 3 aromatic carbocycles. The van der Waals surface area contributed by atoms with Crippen LogP contribution in [-0.4, -0.2) is 39.8 Å². The second-order valence-electron chi connectivity index (χ2n) is 7.93. The summed E-state index contributed by atoms with van der Waals surface area (Å²) in [5.41, 5.74) is 3.00. The predicted octanol–water partition coefficient (Wildman–Crippen LogP) is 5.03. The van der Waals surface area contributed by atoms with E-state index in [2.05, 4.69) is 24.4 Å². The van der Waals surface area contributed by atoms with E-state index in [4.69, 9.17) is 4.74 Å². The van der Waals surface area contributed by atoms with E-state index in [-0.39, 0.29) is 17.3 Å². The molecule has 1 amide bonds. The average molecular weight is 513 g/mol. The zero-order valence-electron chi connectivity index (χ0n) is 20.1. The highest BCUT2D eigenvalue weighted by Crippen LogP contribution is 2.25. The molecule has 0 spiro atoms. The molecular weight excluding hydrogens is 480 g/mol. The molecule has 0 fully saturated rings. The molecule has 186 valence electrons. The fourth-order valence-electron chi connectivity index (χ4n) is 3.45. The van der Waals surface area contributed by atoms with Crippen LogP contribution < -0.4 is 14.4 Å². The Labute approximate surface area is 212 Å². The number of nitrogens with zero attached hydrogens (tertiary/aromatic N) is 1. The van der Waals surface area contributed by atoms with Crippen LogP contribution in [0.15, 0.2) is 83.8 Å². The van der Waals surface area contributed by atoms with Gasteiger partial charge in [0.1, 0.15) is 12.3 Å². The summed E-state index contributed by atoms with van der Waals surface area (Å²) in [6, 6.07) is 23.2. The van der Waals surface area contributed by atoms with Crippen molar-refractivity contribution in [2.24, 2.45) is 0 Å². The van der Waals surface area contributed by atoms with Crippen LogP contribution in [0.3, 0.4) is 0 Å². The summed E-state index contributed by atoms with van der Waals surface area (Å²) in [6.45, 7) is 4.68. The molecule has 3 rings (SSSR count). The number of carbonyl (C=O) groups excluding carboxylic acids is 1. The Hall–Kier alpha value is -2.97. The molecule has 6 nitrogen and oxygen atoms in total. The largest absolute Gasteiger partial charge is 0.494 e. The molecule has 0 aromatic heterocycles. The molecule has 0 aliphatic rings. The molecule has 8 heteroatoms. The first kappa shape index (κ1) is 26.6. The van der Waals surface area contributed by atoms with E-state index >= 15 is 0 Å². The van der Waals surface area contributed by atoms with E-state index < -0.39 is 10.0 Å². The lowest BCUT2D eigenvalue weighted by atomic mass is 10.1. The third-order valence-corrected chi connectivity index (χ3v) is 8.24. The number of carbonyl (C=O) groups is 1. The standard InChI is InChI=1S/C27H32N2O4S2/c1-3-33-25-16-14-24(15-17-25)29(35(31,32)26-12-5-4-6-13-26)20-27(30)28-18-9-19-34-21-23-11-8-7-10-22(23)2/h4-8,10-17H,3,9,18-21H2,1-2H3,(H,28,30). The van der Waals surface area contributed by atoms with Crippen molar-refractivity contribution in [2.45, 2.75) is 30.9 Å². The van der Waals surface area contributed by atoms with E-state index in [0.717, 1.165) is 22.2 Å². The third kappa shape index (κ3) is 7.77. The quantitative estimate of drug-likeness (QED) is 0.325. The number of aryl methyl sites for hydroxylation is 1. The first-order valence-corrected chi connectivity index (χ1v) is 14.2. The van der Waals surface area contributed by atoms with E-state index in [1.54, 1.807) is 42.5 Å². The van der Waals surface area contributed by atoms with Crippen LogP contribution in [0.2, 0.25) is 0 Å². The van der Waals surface area contributed by atoms with Crippen LogP contribution in [0.25, 0.3) is 0 Å². The van der Waals surface area contributed by atoms with E-state index in [0.29, 0.717) is 24.6 Å². The van der Waals surface area contributed by atoms with Gasteiger partial charge in [0.05, 0.1) is 17.2 Å². The van der Waals surface area contributed by atoms with Gasteiger partial charge < -0.3 is 10.1 Å². The van der Waals surface area contributed by atoms with Crippen LogP contribution in [0.4, 0.5) is 5.69 Å². The molecule has 0 aliphatic heterocycles. The maximum absolute atomic E-state index is 13.4. The van der Waals surface area contributed by atoms with Crippen molar-refractivity contribution >= 4 is 33.4 Å². The summed E-state index contributed by atoms with van der Waals surface area (Å²) < 4.78 is 33.3. The summed E-state index contributed by atoms with van der Waals surface area (Å²) in [6.07, 6.45) is 0.802. The normalized spacial score (nSPS) is 11.1. The minimum absolute atomic E-state index is 0.134. The molecule has 0 saturated heterocycles. The predicted molar refractivity (Wildman–Crippen MR) is 144 cm³/mol. The summed E-state index contributed by atoms with van der Waals surface area (Å²) >= 11 is 1.82. The van der Waals surface area contributed by atoms with Crippen molar-refractivity contribution in [3.63, 3.8) is 0 Å². The number of thioether (sulfide) groups is 1. The molecule has 1 N–H and O–H groups in total. The van der Waals surface area contributed by atoms with Crippen LogP contribution in [0.1, 0.15) is 24.5 Å². The number of sulfonamides is 1. The van der Waals surface area contributed by atoms with Crippen LogP contribution in [0.5, 0.6) is 5.75 Å². The molecule has 0 unspecified atom stereocenters. The molecule has 35 heavy (non-hydrogen) atoms. The Balaban J connectivity index is 1.59. The lowest BCUT2D eigenvalue weighted by molar-refractivity contribution is -0.119. The van der Waals surface area contributed by atoms with Crippen LogP contribution in [0, 0.1) is 6.92 Å². The van der Waals surface area contributed by atoms with Gasteiger partial charge in [-0.3, -0.25) is 9.10 Å². The Kier molecular flexibility index (Phi) is 10.0.